The molecule has 0 aromatic carbocycles. The Morgan fingerprint density at radius 3 is 2.91 bits per heavy atom. The van der Waals surface area contributed by atoms with Gasteiger partial charge in [0.1, 0.15) is 5.02 Å². The van der Waals surface area contributed by atoms with Crippen molar-refractivity contribution in [2.75, 3.05) is 56.6 Å². The normalized spacial score (nSPS) is 15.9. The van der Waals surface area contributed by atoms with Gasteiger partial charge in [-0.3, -0.25) is 9.58 Å². The summed E-state index contributed by atoms with van der Waals surface area (Å²) in [7, 11) is 0. The number of hydrogen-bond acceptors (Lipinski definition) is 8. The van der Waals surface area contributed by atoms with E-state index in [1.807, 2.05) is 23.9 Å². The van der Waals surface area contributed by atoms with Gasteiger partial charge in [-0.1, -0.05) is 30.7 Å². The highest BCUT2D eigenvalue weighted by Gasteiger charge is 2.11. The third-order valence-corrected chi connectivity index (χ3v) is 5.31. The predicted molar refractivity (Wildman–Crippen MR) is 129 cm³/mol. The molecule has 0 spiro atoms. The molecule has 0 radical (unpaired) electrons. The molecule has 0 saturated carbocycles. The Balaban J connectivity index is 1.51. The summed E-state index contributed by atoms with van der Waals surface area (Å²) >= 11 is 6.29. The largest absolute Gasteiger partial charge is 0.385 e. The Labute approximate surface area is 194 Å². The number of rotatable bonds is 12. The van der Waals surface area contributed by atoms with E-state index in [1.54, 1.807) is 12.4 Å². The van der Waals surface area contributed by atoms with Crippen LogP contribution in [0.1, 0.15) is 13.8 Å². The van der Waals surface area contributed by atoms with Crippen molar-refractivity contribution in [1.82, 2.24) is 30.0 Å². The number of nitrogens with one attached hydrogen (secondary N) is 3. The van der Waals surface area contributed by atoms with E-state index in [0.717, 1.165) is 57.3 Å². The number of aromatic nitrogens is 4. The van der Waals surface area contributed by atoms with Crippen LogP contribution in [-0.2, 0) is 11.3 Å². The zero-order valence-electron chi connectivity index (χ0n) is 18.9. The summed E-state index contributed by atoms with van der Waals surface area (Å²) in [4.78, 5) is 11.2. The molecule has 10 heteroatoms. The maximum Gasteiger partial charge on any atom is 0.229 e. The molecule has 0 aliphatic carbocycles. The van der Waals surface area contributed by atoms with Crippen LogP contribution in [0.2, 0.25) is 5.02 Å². The lowest BCUT2D eigenvalue weighted by Gasteiger charge is -2.26. The first-order chi connectivity index (χ1) is 15.5. The van der Waals surface area contributed by atoms with Gasteiger partial charge in [0.2, 0.25) is 5.95 Å². The van der Waals surface area contributed by atoms with Gasteiger partial charge in [-0.25, -0.2) is 4.98 Å². The van der Waals surface area contributed by atoms with Gasteiger partial charge < -0.3 is 20.7 Å². The Bertz CT molecular complexity index is 894. The fraction of sp³-hybridized carbons (Fsp3) is 0.500. The number of hydrogen-bond donors (Lipinski definition) is 3. The first-order valence-electron chi connectivity index (χ1n) is 10.9. The van der Waals surface area contributed by atoms with Gasteiger partial charge in [-0.2, -0.15) is 10.1 Å². The number of halogens is 1. The number of nitrogens with zero attached hydrogens (tertiary/aromatic N) is 5. The Morgan fingerprint density at radius 2 is 2.12 bits per heavy atom. The van der Waals surface area contributed by atoms with Gasteiger partial charge in [0, 0.05) is 44.6 Å². The van der Waals surface area contributed by atoms with Crippen LogP contribution >= 0.6 is 11.6 Å². The third-order valence-electron chi connectivity index (χ3n) is 5.03. The SMILES string of the molecule is C=CCN/C(C)=C/C(C)CNc1nc(Nc2cnn(CCN3CCOCC3)c2)ncc1Cl. The number of anilines is 3. The minimum Gasteiger partial charge on any atom is -0.385 e. The lowest BCUT2D eigenvalue weighted by atomic mass is 10.1. The van der Waals surface area contributed by atoms with Crippen molar-refractivity contribution in [3.63, 3.8) is 0 Å². The van der Waals surface area contributed by atoms with E-state index in [4.69, 9.17) is 16.3 Å². The fourth-order valence-electron chi connectivity index (χ4n) is 3.33. The first-order valence-corrected chi connectivity index (χ1v) is 11.3. The van der Waals surface area contributed by atoms with Crippen molar-refractivity contribution in [3.8, 4) is 0 Å². The molecular weight excluding hydrogens is 428 g/mol. The highest BCUT2D eigenvalue weighted by atomic mass is 35.5. The first kappa shape index (κ1) is 24.0. The van der Waals surface area contributed by atoms with Crippen LogP contribution in [0.25, 0.3) is 0 Å². The van der Waals surface area contributed by atoms with E-state index >= 15 is 0 Å². The fourth-order valence-corrected chi connectivity index (χ4v) is 3.49. The van der Waals surface area contributed by atoms with E-state index in [2.05, 4.69) is 55.5 Å². The molecule has 1 fully saturated rings. The van der Waals surface area contributed by atoms with Crippen molar-refractivity contribution in [3.05, 3.63) is 48.0 Å². The summed E-state index contributed by atoms with van der Waals surface area (Å²) in [5.74, 6) is 1.36. The van der Waals surface area contributed by atoms with E-state index in [9.17, 15) is 0 Å². The Kier molecular flexibility index (Phi) is 9.33. The van der Waals surface area contributed by atoms with Gasteiger partial charge in [-0.05, 0) is 12.8 Å². The van der Waals surface area contributed by atoms with Crippen LogP contribution in [-0.4, -0.2) is 70.6 Å². The maximum absolute atomic E-state index is 6.29. The van der Waals surface area contributed by atoms with Gasteiger partial charge in [-0.15, -0.1) is 6.58 Å². The Morgan fingerprint density at radius 1 is 1.31 bits per heavy atom. The summed E-state index contributed by atoms with van der Waals surface area (Å²) in [5, 5.41) is 14.7. The molecular formula is C22H33ClN8O. The standard InChI is InChI=1S/C22H33ClN8O/c1-4-5-24-18(3)12-17(2)13-25-21-20(23)15-26-22(29-21)28-19-14-27-31(16-19)7-6-30-8-10-32-11-9-30/h4,12,14-17,24H,1,5-11,13H2,2-3H3,(H2,25,26,28,29)/b18-12+. The number of ether oxygens (including phenoxy) is 1. The maximum atomic E-state index is 6.29. The molecule has 0 bridgehead atoms. The van der Waals surface area contributed by atoms with Crippen molar-refractivity contribution >= 4 is 29.1 Å². The molecule has 3 N–H and O–H groups in total. The smallest absolute Gasteiger partial charge is 0.229 e. The summed E-state index contributed by atoms with van der Waals surface area (Å²) in [5.41, 5.74) is 1.95. The highest BCUT2D eigenvalue weighted by molar-refractivity contribution is 6.32. The van der Waals surface area contributed by atoms with Crippen LogP contribution in [0.3, 0.4) is 0 Å². The minimum atomic E-state index is 0.291. The van der Waals surface area contributed by atoms with E-state index in [0.29, 0.717) is 29.3 Å². The predicted octanol–water partition coefficient (Wildman–Crippen LogP) is 3.13. The molecule has 3 heterocycles. The lowest BCUT2D eigenvalue weighted by molar-refractivity contribution is 0.0360. The second-order valence-electron chi connectivity index (χ2n) is 7.84. The molecule has 32 heavy (non-hydrogen) atoms. The molecule has 2 aromatic heterocycles. The minimum absolute atomic E-state index is 0.291. The van der Waals surface area contributed by atoms with Crippen LogP contribution < -0.4 is 16.0 Å². The molecule has 0 amide bonds. The van der Waals surface area contributed by atoms with Gasteiger partial charge in [0.05, 0.1) is 37.8 Å². The average molecular weight is 461 g/mol. The molecule has 1 unspecified atom stereocenters. The molecule has 1 saturated heterocycles. The van der Waals surface area contributed by atoms with Gasteiger partial charge in [0.25, 0.3) is 0 Å². The van der Waals surface area contributed by atoms with Crippen LogP contribution in [0, 0.1) is 5.92 Å². The van der Waals surface area contributed by atoms with Crippen molar-refractivity contribution in [2.24, 2.45) is 5.92 Å². The quantitative estimate of drug-likeness (QED) is 0.416. The second kappa shape index (κ2) is 12.4. The average Bonchev–Trinajstić information content (AvgIpc) is 3.24. The zero-order valence-corrected chi connectivity index (χ0v) is 19.6. The van der Waals surface area contributed by atoms with Crippen LogP contribution in [0.5, 0.6) is 0 Å². The molecule has 174 valence electrons. The van der Waals surface area contributed by atoms with E-state index in [1.165, 1.54) is 0 Å². The molecule has 1 atom stereocenters. The van der Waals surface area contributed by atoms with Crippen molar-refractivity contribution < 1.29 is 4.74 Å². The lowest BCUT2D eigenvalue weighted by Crippen LogP contribution is -2.38. The summed E-state index contributed by atoms with van der Waals surface area (Å²) in [6, 6.07) is 0. The van der Waals surface area contributed by atoms with Crippen LogP contribution in [0.4, 0.5) is 17.5 Å². The van der Waals surface area contributed by atoms with Gasteiger partial charge >= 0.3 is 0 Å². The van der Waals surface area contributed by atoms with E-state index < -0.39 is 0 Å². The summed E-state index contributed by atoms with van der Waals surface area (Å²) in [6.45, 7) is 14.7. The number of morpholine rings is 1. The molecule has 3 rings (SSSR count). The topological polar surface area (TPSA) is 92.2 Å². The second-order valence-corrected chi connectivity index (χ2v) is 8.25. The Hall–Kier alpha value is -2.62. The monoisotopic (exact) mass is 460 g/mol. The number of allylic oxidation sites excluding steroid dienone is 1. The summed E-state index contributed by atoms with van der Waals surface area (Å²) < 4.78 is 7.31. The van der Waals surface area contributed by atoms with Crippen molar-refractivity contribution in [1.29, 1.82) is 0 Å². The molecule has 9 nitrogen and oxygen atoms in total. The molecule has 1 aliphatic heterocycles. The third kappa shape index (κ3) is 7.81. The molecule has 2 aromatic rings. The molecule has 1 aliphatic rings. The highest BCUT2D eigenvalue weighted by Crippen LogP contribution is 2.21. The van der Waals surface area contributed by atoms with Gasteiger partial charge in [0.15, 0.2) is 5.82 Å². The summed E-state index contributed by atoms with van der Waals surface area (Å²) in [6.07, 6.45) is 9.33. The van der Waals surface area contributed by atoms with Crippen LogP contribution in [0.15, 0.2) is 43.0 Å². The van der Waals surface area contributed by atoms with E-state index in [-0.39, 0.29) is 0 Å². The zero-order chi connectivity index (χ0) is 22.8. The van der Waals surface area contributed by atoms with Crippen molar-refractivity contribution in [2.45, 2.75) is 20.4 Å².